The van der Waals surface area contributed by atoms with Crippen LogP contribution in [0, 0.1) is 16.6 Å². The van der Waals surface area contributed by atoms with E-state index in [1.54, 1.807) is 24.3 Å². The van der Waals surface area contributed by atoms with Crippen molar-refractivity contribution in [2.24, 2.45) is 10.8 Å². The number of ketones is 2. The summed E-state index contributed by atoms with van der Waals surface area (Å²) >= 11 is 13.1. The summed E-state index contributed by atoms with van der Waals surface area (Å²) in [4.78, 5) is 27.2. The van der Waals surface area contributed by atoms with Gasteiger partial charge in [-0.2, -0.15) is 0 Å². The number of carbonyl (C=O) groups excluding carboxylic acids is 2. The van der Waals surface area contributed by atoms with Crippen LogP contribution in [0.5, 0.6) is 5.75 Å². The lowest BCUT2D eigenvalue weighted by Crippen LogP contribution is -2.37. The molecule has 0 saturated heterocycles. The number of carbonyl (C=O) groups is 2. The molecule has 0 spiro atoms. The van der Waals surface area contributed by atoms with Crippen LogP contribution in [0.15, 0.2) is 59.1 Å². The maximum atomic E-state index is 13.6. The highest BCUT2D eigenvalue weighted by molar-refractivity contribution is 6.35. The van der Waals surface area contributed by atoms with Gasteiger partial charge < -0.3 is 9.47 Å². The van der Waals surface area contributed by atoms with Crippen LogP contribution >= 0.6 is 23.2 Å². The molecule has 7 heteroatoms. The minimum Gasteiger partial charge on any atom is -0.487 e. The average molecular weight is 543 g/mol. The Morgan fingerprint density at radius 2 is 1.43 bits per heavy atom. The largest absolute Gasteiger partial charge is 0.487 e. The first-order valence-electron chi connectivity index (χ1n) is 12.4. The summed E-state index contributed by atoms with van der Waals surface area (Å²) in [5.41, 5.74) is 1.74. The highest BCUT2D eigenvalue weighted by Crippen LogP contribution is 2.55. The van der Waals surface area contributed by atoms with Crippen LogP contribution in [0.2, 0.25) is 10.0 Å². The van der Waals surface area contributed by atoms with Crippen molar-refractivity contribution in [1.29, 1.82) is 0 Å². The Bertz CT molecular complexity index is 1320. The number of benzene rings is 2. The molecule has 2 aromatic rings. The van der Waals surface area contributed by atoms with Crippen LogP contribution < -0.4 is 4.74 Å². The van der Waals surface area contributed by atoms with E-state index in [0.29, 0.717) is 64.7 Å². The normalized spacial score (nSPS) is 20.9. The van der Waals surface area contributed by atoms with E-state index in [2.05, 4.69) is 0 Å². The van der Waals surface area contributed by atoms with Crippen LogP contribution in [0.25, 0.3) is 0 Å². The quantitative estimate of drug-likeness (QED) is 0.391. The van der Waals surface area contributed by atoms with E-state index in [-0.39, 0.29) is 39.8 Å². The van der Waals surface area contributed by atoms with Crippen LogP contribution in [-0.4, -0.2) is 11.6 Å². The number of Topliss-reactive ketones (excluding diaryl/α,β-unsaturated/α-hetero) is 2. The molecular weight excluding hydrogens is 514 g/mol. The van der Waals surface area contributed by atoms with Crippen molar-refractivity contribution >= 4 is 34.8 Å². The van der Waals surface area contributed by atoms with Crippen LogP contribution in [-0.2, 0) is 20.9 Å². The molecule has 194 valence electrons. The molecule has 37 heavy (non-hydrogen) atoms. The van der Waals surface area contributed by atoms with Gasteiger partial charge >= 0.3 is 0 Å². The third-order valence-electron chi connectivity index (χ3n) is 7.23. The Kier molecular flexibility index (Phi) is 6.52. The van der Waals surface area contributed by atoms with Gasteiger partial charge in [0.25, 0.3) is 0 Å². The zero-order valence-corrected chi connectivity index (χ0v) is 22.9. The maximum Gasteiger partial charge on any atom is 0.163 e. The summed E-state index contributed by atoms with van der Waals surface area (Å²) in [5.74, 6) is 0.420. The zero-order chi connectivity index (χ0) is 26.7. The number of hydrogen-bond acceptors (Lipinski definition) is 4. The molecule has 4 nitrogen and oxygen atoms in total. The number of allylic oxidation sites excluding steroid dienone is 4. The molecular formula is C30H29Cl2FO4. The van der Waals surface area contributed by atoms with Gasteiger partial charge in [0.2, 0.25) is 0 Å². The van der Waals surface area contributed by atoms with Gasteiger partial charge in [-0.15, -0.1) is 0 Å². The van der Waals surface area contributed by atoms with Crippen molar-refractivity contribution in [2.45, 2.75) is 65.9 Å². The Labute approximate surface area is 226 Å². The molecule has 0 atom stereocenters. The Balaban J connectivity index is 1.67. The molecule has 3 aliphatic rings. The first-order chi connectivity index (χ1) is 17.3. The fraction of sp³-hybridized carbons (Fsp3) is 0.400. The molecule has 0 aromatic heterocycles. The number of rotatable bonds is 4. The molecule has 0 fully saturated rings. The summed E-state index contributed by atoms with van der Waals surface area (Å²) in [6, 6.07) is 9.29. The molecule has 2 aliphatic carbocycles. The van der Waals surface area contributed by atoms with E-state index in [0.717, 1.165) is 5.56 Å². The van der Waals surface area contributed by atoms with E-state index in [4.69, 9.17) is 32.7 Å². The lowest BCUT2D eigenvalue weighted by molar-refractivity contribution is -0.120. The van der Waals surface area contributed by atoms with Crippen LogP contribution in [0.4, 0.5) is 4.39 Å². The molecule has 0 radical (unpaired) electrons. The molecule has 5 rings (SSSR count). The average Bonchev–Trinajstić information content (AvgIpc) is 2.76. The first kappa shape index (κ1) is 26.0. The summed E-state index contributed by atoms with van der Waals surface area (Å²) in [7, 11) is 0. The molecule has 0 bridgehead atoms. The minimum absolute atomic E-state index is 0.0546. The zero-order valence-electron chi connectivity index (χ0n) is 21.3. The molecule has 1 aliphatic heterocycles. The predicted molar refractivity (Wildman–Crippen MR) is 141 cm³/mol. The van der Waals surface area contributed by atoms with E-state index in [1.807, 2.05) is 27.7 Å². The fourth-order valence-electron chi connectivity index (χ4n) is 5.67. The molecule has 2 aromatic carbocycles. The number of ether oxygens (including phenoxy) is 2. The SMILES string of the molecule is CC1(C)CC(=O)C2=C(C1)OC1=C(C(=O)CC(C)(C)C1)C2c1cc(Cl)cc(Cl)c1OCc1ccc(F)cc1. The van der Waals surface area contributed by atoms with E-state index >= 15 is 0 Å². The molecule has 1 heterocycles. The van der Waals surface area contributed by atoms with Crippen molar-refractivity contribution < 1.29 is 23.5 Å². The maximum absolute atomic E-state index is 13.6. The molecule has 0 saturated carbocycles. The van der Waals surface area contributed by atoms with Crippen molar-refractivity contribution in [3.63, 3.8) is 0 Å². The summed E-state index contributed by atoms with van der Waals surface area (Å²) < 4.78 is 26.0. The Morgan fingerprint density at radius 3 is 1.97 bits per heavy atom. The van der Waals surface area contributed by atoms with E-state index in [9.17, 15) is 14.0 Å². The smallest absolute Gasteiger partial charge is 0.163 e. The van der Waals surface area contributed by atoms with Gasteiger partial charge in [0.05, 0.1) is 10.9 Å². The summed E-state index contributed by atoms with van der Waals surface area (Å²) in [5, 5.41) is 0.643. The highest BCUT2D eigenvalue weighted by Gasteiger charge is 2.48. The second-order valence-corrected chi connectivity index (χ2v) is 12.7. The Morgan fingerprint density at radius 1 is 0.892 bits per heavy atom. The summed E-state index contributed by atoms with van der Waals surface area (Å²) in [6.07, 6.45) is 1.84. The van der Waals surface area contributed by atoms with E-state index < -0.39 is 5.92 Å². The lowest BCUT2D eigenvalue weighted by atomic mass is 9.65. The van der Waals surface area contributed by atoms with Gasteiger partial charge in [-0.3, -0.25) is 9.59 Å². The first-order valence-corrected chi connectivity index (χ1v) is 13.2. The van der Waals surface area contributed by atoms with Gasteiger partial charge in [0.15, 0.2) is 11.6 Å². The standard InChI is InChI=1S/C30H29Cl2FO4/c1-29(2)11-21(34)26-23(13-29)37-24-14-30(3,4)12-22(35)27(24)25(26)19-9-17(31)10-20(32)28(19)36-15-16-5-7-18(33)8-6-16/h5-10,25H,11-15H2,1-4H3. The van der Waals surface area contributed by atoms with Crippen molar-refractivity contribution in [2.75, 3.05) is 0 Å². The molecule has 0 unspecified atom stereocenters. The topological polar surface area (TPSA) is 52.6 Å². The second kappa shape index (κ2) is 9.28. The highest BCUT2D eigenvalue weighted by atomic mass is 35.5. The molecule has 0 N–H and O–H groups in total. The van der Waals surface area contributed by atoms with Gasteiger partial charge in [-0.25, -0.2) is 4.39 Å². The molecule has 0 amide bonds. The van der Waals surface area contributed by atoms with E-state index in [1.165, 1.54) is 12.1 Å². The monoisotopic (exact) mass is 542 g/mol. The van der Waals surface area contributed by atoms with Crippen molar-refractivity contribution in [1.82, 2.24) is 0 Å². The number of halogens is 3. The Hall–Kier alpha value is -2.63. The predicted octanol–water partition coefficient (Wildman–Crippen LogP) is 8.11. The van der Waals surface area contributed by atoms with Gasteiger partial charge in [0, 0.05) is 47.4 Å². The van der Waals surface area contributed by atoms with Gasteiger partial charge in [0.1, 0.15) is 29.7 Å². The van der Waals surface area contributed by atoms with Crippen LogP contribution in [0.3, 0.4) is 0 Å². The second-order valence-electron chi connectivity index (χ2n) is 11.8. The third-order valence-corrected chi connectivity index (χ3v) is 7.73. The van der Waals surface area contributed by atoms with Crippen molar-refractivity contribution in [3.8, 4) is 5.75 Å². The minimum atomic E-state index is -0.689. The van der Waals surface area contributed by atoms with Gasteiger partial charge in [-0.1, -0.05) is 63.0 Å². The summed E-state index contributed by atoms with van der Waals surface area (Å²) in [6.45, 7) is 8.29. The van der Waals surface area contributed by atoms with Gasteiger partial charge in [-0.05, 0) is 40.7 Å². The lowest BCUT2D eigenvalue weighted by Gasteiger charge is -2.43. The van der Waals surface area contributed by atoms with Crippen LogP contribution in [0.1, 0.15) is 70.4 Å². The number of hydrogen-bond donors (Lipinski definition) is 0. The third kappa shape index (κ3) is 5.08. The van der Waals surface area contributed by atoms with Crippen molar-refractivity contribution in [3.05, 3.63) is 86.1 Å². The fourth-order valence-corrected chi connectivity index (χ4v) is 6.23.